The van der Waals surface area contributed by atoms with E-state index in [4.69, 9.17) is 31.9 Å². The first-order chi connectivity index (χ1) is 15.7. The van der Waals surface area contributed by atoms with E-state index in [0.29, 0.717) is 5.52 Å². The quantitative estimate of drug-likeness (QED) is 0.382. The SMILES string of the molecule is COc1cc2nccc(Oc3c(F)cc(NC(=O)N[C@H](C)CO)c(Cl)c3F)c2cc1C(N)=O. The van der Waals surface area contributed by atoms with E-state index in [9.17, 15) is 18.4 Å². The molecule has 0 aliphatic carbocycles. The summed E-state index contributed by atoms with van der Waals surface area (Å²) in [6.45, 7) is 1.19. The van der Waals surface area contributed by atoms with Gasteiger partial charge in [0.05, 0.1) is 36.5 Å². The highest BCUT2D eigenvalue weighted by molar-refractivity contribution is 6.34. The van der Waals surface area contributed by atoms with Gasteiger partial charge in [-0.25, -0.2) is 13.6 Å². The van der Waals surface area contributed by atoms with Gasteiger partial charge in [0.25, 0.3) is 5.91 Å². The van der Waals surface area contributed by atoms with Gasteiger partial charge < -0.3 is 30.9 Å². The maximum Gasteiger partial charge on any atom is 0.319 e. The number of nitrogens with one attached hydrogen (secondary N) is 2. The predicted octanol–water partition coefficient (Wildman–Crippen LogP) is 3.57. The van der Waals surface area contributed by atoms with Crippen molar-refractivity contribution in [2.75, 3.05) is 19.0 Å². The predicted molar refractivity (Wildman–Crippen MR) is 117 cm³/mol. The highest BCUT2D eigenvalue weighted by atomic mass is 35.5. The summed E-state index contributed by atoms with van der Waals surface area (Å²) in [4.78, 5) is 27.8. The first-order valence-corrected chi connectivity index (χ1v) is 9.84. The van der Waals surface area contributed by atoms with Crippen molar-refractivity contribution < 1.29 is 33.0 Å². The van der Waals surface area contributed by atoms with E-state index in [2.05, 4.69) is 15.6 Å². The zero-order chi connectivity index (χ0) is 24.3. The van der Waals surface area contributed by atoms with Crippen LogP contribution >= 0.6 is 11.6 Å². The maximum absolute atomic E-state index is 14.9. The van der Waals surface area contributed by atoms with Crippen molar-refractivity contribution in [3.8, 4) is 17.2 Å². The van der Waals surface area contributed by atoms with E-state index in [1.165, 1.54) is 38.4 Å². The highest BCUT2D eigenvalue weighted by Crippen LogP contribution is 2.39. The van der Waals surface area contributed by atoms with Gasteiger partial charge in [-0.15, -0.1) is 0 Å². The van der Waals surface area contributed by atoms with Gasteiger partial charge in [-0.2, -0.15) is 0 Å². The molecular weight excluding hydrogens is 462 g/mol. The number of pyridine rings is 1. The number of benzene rings is 2. The van der Waals surface area contributed by atoms with E-state index in [1.807, 2.05) is 0 Å². The molecule has 9 nitrogen and oxygen atoms in total. The van der Waals surface area contributed by atoms with Crippen LogP contribution in [0.5, 0.6) is 17.2 Å². The average Bonchev–Trinajstić information content (AvgIpc) is 2.78. The number of methoxy groups -OCH3 is 1. The third kappa shape index (κ3) is 5.04. The molecule has 0 aliphatic rings. The number of amides is 3. The van der Waals surface area contributed by atoms with Crippen LogP contribution in [0.4, 0.5) is 19.3 Å². The molecular formula is C21H19ClF2N4O5. The number of nitrogens with zero attached hydrogens (tertiary/aromatic N) is 1. The minimum absolute atomic E-state index is 0.0181. The lowest BCUT2D eigenvalue weighted by atomic mass is 10.1. The number of nitrogens with two attached hydrogens (primary N) is 1. The highest BCUT2D eigenvalue weighted by Gasteiger charge is 2.22. The summed E-state index contributed by atoms with van der Waals surface area (Å²) in [6.07, 6.45) is 1.33. The van der Waals surface area contributed by atoms with Gasteiger partial charge in [-0.1, -0.05) is 11.6 Å². The van der Waals surface area contributed by atoms with Crippen LogP contribution in [0.2, 0.25) is 5.02 Å². The Labute approximate surface area is 191 Å². The van der Waals surface area contributed by atoms with Gasteiger partial charge in [0.1, 0.15) is 16.5 Å². The molecule has 33 heavy (non-hydrogen) atoms. The monoisotopic (exact) mass is 480 g/mol. The summed E-state index contributed by atoms with van der Waals surface area (Å²) in [5.74, 6) is -3.91. The fraction of sp³-hybridized carbons (Fsp3) is 0.190. The van der Waals surface area contributed by atoms with Crippen LogP contribution in [-0.4, -0.2) is 41.8 Å². The third-order valence-corrected chi connectivity index (χ3v) is 4.89. The number of rotatable bonds is 7. The number of anilines is 1. The number of carbonyl (C=O) groups is 2. The number of aromatic nitrogens is 1. The smallest absolute Gasteiger partial charge is 0.319 e. The molecule has 0 saturated carbocycles. The zero-order valence-corrected chi connectivity index (χ0v) is 18.2. The Morgan fingerprint density at radius 2 is 2.00 bits per heavy atom. The third-order valence-electron chi connectivity index (χ3n) is 4.52. The van der Waals surface area contributed by atoms with Crippen LogP contribution in [-0.2, 0) is 0 Å². The number of hydrogen-bond acceptors (Lipinski definition) is 6. The van der Waals surface area contributed by atoms with Crippen molar-refractivity contribution in [3.05, 3.63) is 52.7 Å². The van der Waals surface area contributed by atoms with Gasteiger partial charge in [0.2, 0.25) is 0 Å². The number of hydrogen-bond donors (Lipinski definition) is 4. The minimum Gasteiger partial charge on any atom is -0.496 e. The van der Waals surface area contributed by atoms with Gasteiger partial charge in [0, 0.05) is 23.7 Å². The van der Waals surface area contributed by atoms with Crippen LogP contribution in [0.1, 0.15) is 17.3 Å². The minimum atomic E-state index is -1.27. The Hall–Kier alpha value is -3.70. The van der Waals surface area contributed by atoms with E-state index in [1.54, 1.807) is 0 Å². The number of halogens is 3. The van der Waals surface area contributed by atoms with E-state index in [-0.39, 0.29) is 34.7 Å². The second-order valence-corrected chi connectivity index (χ2v) is 7.27. The molecule has 0 fully saturated rings. The van der Waals surface area contributed by atoms with Crippen LogP contribution in [0.3, 0.4) is 0 Å². The van der Waals surface area contributed by atoms with Crippen molar-refractivity contribution >= 4 is 40.1 Å². The van der Waals surface area contributed by atoms with E-state index in [0.717, 1.165) is 6.07 Å². The molecule has 174 valence electrons. The second kappa shape index (κ2) is 9.84. The molecule has 1 atom stereocenters. The maximum atomic E-state index is 14.9. The molecule has 3 aromatic rings. The summed E-state index contributed by atoms with van der Waals surface area (Å²) in [7, 11) is 1.35. The average molecular weight is 481 g/mol. The number of aliphatic hydroxyl groups is 1. The summed E-state index contributed by atoms with van der Waals surface area (Å²) >= 11 is 5.97. The Bertz CT molecular complexity index is 1240. The van der Waals surface area contributed by atoms with Crippen molar-refractivity contribution in [1.82, 2.24) is 10.3 Å². The molecule has 3 rings (SSSR count). The number of primary amides is 1. The molecule has 3 amide bonds. The van der Waals surface area contributed by atoms with Crippen molar-refractivity contribution in [1.29, 1.82) is 0 Å². The van der Waals surface area contributed by atoms with Crippen LogP contribution in [0.15, 0.2) is 30.5 Å². The molecule has 5 N–H and O–H groups in total. The fourth-order valence-corrected chi connectivity index (χ4v) is 3.09. The van der Waals surface area contributed by atoms with E-state index < -0.39 is 40.4 Å². The number of ether oxygens (including phenoxy) is 2. The van der Waals surface area contributed by atoms with Crippen LogP contribution in [0.25, 0.3) is 10.9 Å². The van der Waals surface area contributed by atoms with Crippen molar-refractivity contribution in [2.24, 2.45) is 5.73 Å². The molecule has 0 saturated heterocycles. The van der Waals surface area contributed by atoms with Gasteiger partial charge in [0.15, 0.2) is 17.4 Å². The van der Waals surface area contributed by atoms with Crippen molar-refractivity contribution in [3.63, 3.8) is 0 Å². The number of carbonyl (C=O) groups excluding carboxylic acids is 2. The molecule has 1 heterocycles. The molecule has 2 aromatic carbocycles. The van der Waals surface area contributed by atoms with E-state index >= 15 is 0 Å². The lowest BCUT2D eigenvalue weighted by Gasteiger charge is -2.16. The Kier molecular flexibility index (Phi) is 7.14. The fourth-order valence-electron chi connectivity index (χ4n) is 2.90. The molecule has 0 aliphatic heterocycles. The summed E-state index contributed by atoms with van der Waals surface area (Å²) in [5, 5.41) is 13.2. The molecule has 0 radical (unpaired) electrons. The molecule has 0 unspecified atom stereocenters. The number of fused-ring (bicyclic) bond motifs is 1. The lowest BCUT2D eigenvalue weighted by molar-refractivity contribution is 0.0997. The van der Waals surface area contributed by atoms with Crippen molar-refractivity contribution in [2.45, 2.75) is 13.0 Å². The first-order valence-electron chi connectivity index (χ1n) is 9.46. The summed E-state index contributed by atoms with van der Waals surface area (Å²) < 4.78 is 40.2. The Morgan fingerprint density at radius 3 is 2.64 bits per heavy atom. The standard InChI is InChI=1S/C21H19ClF2N4O5/c1-9(8-29)27-21(31)28-14-6-12(23)19(18(24)17(14)22)33-15-3-4-26-13-7-16(32-2)11(20(25)30)5-10(13)15/h3-7,9,29H,8H2,1-2H3,(H2,25,30)(H2,27,28,31)/t9-/m1/s1. The summed E-state index contributed by atoms with van der Waals surface area (Å²) in [5.41, 5.74) is 5.36. The molecule has 12 heteroatoms. The number of aliphatic hydroxyl groups excluding tert-OH is 1. The summed E-state index contributed by atoms with van der Waals surface area (Å²) in [6, 6.07) is 3.47. The Morgan fingerprint density at radius 1 is 1.27 bits per heavy atom. The molecule has 1 aromatic heterocycles. The molecule has 0 bridgehead atoms. The topological polar surface area (TPSA) is 136 Å². The lowest BCUT2D eigenvalue weighted by Crippen LogP contribution is -2.38. The second-order valence-electron chi connectivity index (χ2n) is 6.89. The largest absolute Gasteiger partial charge is 0.496 e. The zero-order valence-electron chi connectivity index (χ0n) is 17.4. The molecule has 0 spiro atoms. The van der Waals surface area contributed by atoms with Crippen LogP contribution in [0, 0.1) is 11.6 Å². The number of urea groups is 1. The van der Waals surface area contributed by atoms with Gasteiger partial charge in [-0.3, -0.25) is 9.78 Å². The van der Waals surface area contributed by atoms with Gasteiger partial charge >= 0.3 is 6.03 Å². The van der Waals surface area contributed by atoms with Gasteiger partial charge in [-0.05, 0) is 19.1 Å². The van der Waals surface area contributed by atoms with Crippen LogP contribution < -0.4 is 25.8 Å². The first kappa shape index (κ1) is 24.0. The normalized spacial score (nSPS) is 11.7. The Balaban J connectivity index is 2.00.